The van der Waals surface area contributed by atoms with E-state index in [9.17, 15) is 4.79 Å². The lowest BCUT2D eigenvalue weighted by Crippen LogP contribution is -2.23. The number of H-pyrrole nitrogens is 1. The number of rotatable bonds is 6. The van der Waals surface area contributed by atoms with Crippen LogP contribution in [0.3, 0.4) is 0 Å². The van der Waals surface area contributed by atoms with Crippen molar-refractivity contribution >= 4 is 28.6 Å². The number of hydrogen-bond donors (Lipinski definition) is 2. The molecule has 3 rings (SSSR count). The molecule has 126 valence electrons. The highest BCUT2D eigenvalue weighted by molar-refractivity contribution is 7.99. The van der Waals surface area contributed by atoms with Gasteiger partial charge >= 0.3 is 0 Å². The van der Waals surface area contributed by atoms with E-state index in [2.05, 4.69) is 21.2 Å². The molecule has 3 N–H and O–H groups in total. The number of amides is 1. The first-order valence-electron chi connectivity index (χ1n) is 7.51. The van der Waals surface area contributed by atoms with Gasteiger partial charge in [-0.2, -0.15) is 0 Å². The van der Waals surface area contributed by atoms with Crippen molar-refractivity contribution in [3.8, 4) is 0 Å². The Morgan fingerprint density at radius 1 is 1.38 bits per heavy atom. The van der Waals surface area contributed by atoms with Gasteiger partial charge in [-0.1, -0.05) is 30.0 Å². The van der Waals surface area contributed by atoms with E-state index in [1.54, 1.807) is 14.1 Å². The largest absolute Gasteiger partial charge is 0.414 e. The molecule has 0 radical (unpaired) electrons. The lowest BCUT2D eigenvalue weighted by molar-refractivity contribution is -0.125. The van der Waals surface area contributed by atoms with Gasteiger partial charge < -0.3 is 20.0 Å². The Morgan fingerprint density at radius 3 is 2.96 bits per heavy atom. The summed E-state index contributed by atoms with van der Waals surface area (Å²) in [5.41, 5.74) is 8.38. The third-order valence-electron chi connectivity index (χ3n) is 3.67. The summed E-state index contributed by atoms with van der Waals surface area (Å²) in [6, 6.07) is 7.66. The van der Waals surface area contributed by atoms with Crippen LogP contribution in [0.5, 0.6) is 0 Å². The van der Waals surface area contributed by atoms with Crippen LogP contribution in [-0.4, -0.2) is 45.8 Å². The lowest BCUT2D eigenvalue weighted by Gasteiger charge is -2.08. The average molecular weight is 345 g/mol. The third kappa shape index (κ3) is 3.60. The van der Waals surface area contributed by atoms with Crippen molar-refractivity contribution in [1.29, 1.82) is 0 Å². The molecule has 3 aromatic rings. The number of carbonyl (C=O) groups is 1. The Kier molecular flexibility index (Phi) is 4.86. The number of fused-ring (bicyclic) bond motifs is 1. The molecule has 1 unspecified atom stereocenters. The van der Waals surface area contributed by atoms with Crippen LogP contribution in [0.15, 0.2) is 40.1 Å². The van der Waals surface area contributed by atoms with Crippen LogP contribution >= 0.6 is 11.8 Å². The smallest absolute Gasteiger partial charge is 0.277 e. The van der Waals surface area contributed by atoms with Crippen molar-refractivity contribution in [3.05, 3.63) is 41.9 Å². The van der Waals surface area contributed by atoms with Crippen LogP contribution in [0.4, 0.5) is 0 Å². The van der Waals surface area contributed by atoms with Crippen LogP contribution in [0.1, 0.15) is 17.5 Å². The minimum Gasteiger partial charge on any atom is -0.414 e. The first kappa shape index (κ1) is 16.5. The van der Waals surface area contributed by atoms with Crippen LogP contribution in [0.2, 0.25) is 0 Å². The van der Waals surface area contributed by atoms with Crippen molar-refractivity contribution in [1.82, 2.24) is 20.1 Å². The van der Waals surface area contributed by atoms with E-state index >= 15 is 0 Å². The molecule has 1 aromatic carbocycles. The molecule has 2 aromatic heterocycles. The number of para-hydroxylation sites is 1. The van der Waals surface area contributed by atoms with E-state index in [0.717, 1.165) is 16.5 Å². The van der Waals surface area contributed by atoms with Crippen LogP contribution in [0, 0.1) is 0 Å². The minimum absolute atomic E-state index is 0.0113. The van der Waals surface area contributed by atoms with Gasteiger partial charge in [0.2, 0.25) is 11.8 Å². The molecule has 2 heterocycles. The molecule has 7 nitrogen and oxygen atoms in total. The number of aromatic nitrogens is 3. The summed E-state index contributed by atoms with van der Waals surface area (Å²) in [7, 11) is 3.42. The van der Waals surface area contributed by atoms with Crippen molar-refractivity contribution in [2.45, 2.75) is 17.7 Å². The quantitative estimate of drug-likeness (QED) is 0.663. The maximum Gasteiger partial charge on any atom is 0.277 e. The number of nitrogens with one attached hydrogen (secondary N) is 1. The number of carbonyl (C=O) groups excluding carboxylic acids is 1. The van der Waals surface area contributed by atoms with E-state index < -0.39 is 6.04 Å². The Bertz CT molecular complexity index is 842. The molecule has 1 amide bonds. The zero-order valence-electron chi connectivity index (χ0n) is 13.5. The van der Waals surface area contributed by atoms with E-state index in [-0.39, 0.29) is 11.7 Å². The first-order valence-corrected chi connectivity index (χ1v) is 8.50. The number of hydrogen-bond acceptors (Lipinski definition) is 6. The van der Waals surface area contributed by atoms with E-state index in [4.69, 9.17) is 10.2 Å². The van der Waals surface area contributed by atoms with Crippen molar-refractivity contribution < 1.29 is 9.21 Å². The zero-order valence-corrected chi connectivity index (χ0v) is 14.3. The van der Waals surface area contributed by atoms with Gasteiger partial charge in [0.15, 0.2) is 0 Å². The highest BCUT2D eigenvalue weighted by Gasteiger charge is 2.18. The molecule has 24 heavy (non-hydrogen) atoms. The van der Waals surface area contributed by atoms with E-state index in [1.165, 1.54) is 16.7 Å². The fraction of sp³-hybridized carbons (Fsp3) is 0.312. The van der Waals surface area contributed by atoms with Crippen molar-refractivity contribution in [2.24, 2.45) is 5.73 Å². The Balaban J connectivity index is 1.65. The third-order valence-corrected chi connectivity index (χ3v) is 4.48. The summed E-state index contributed by atoms with van der Waals surface area (Å²) >= 11 is 1.21. The second kappa shape index (κ2) is 7.06. The normalized spacial score (nSPS) is 12.5. The van der Waals surface area contributed by atoms with Gasteiger partial charge in [-0.05, 0) is 18.1 Å². The standard InChI is InChI=1S/C16H19N5O2S/c1-21(2)14(22)9-24-16-20-19-15(23-16)12(17)7-10-8-18-13-6-4-3-5-11(10)13/h3-6,8,12,18H,7,9,17H2,1-2H3. The topological polar surface area (TPSA) is 101 Å². The van der Waals surface area contributed by atoms with E-state index in [1.807, 2.05) is 24.4 Å². The summed E-state index contributed by atoms with van der Waals surface area (Å²) in [5.74, 6) is 0.620. The molecule has 0 fully saturated rings. The average Bonchev–Trinajstić information content (AvgIpc) is 3.20. The summed E-state index contributed by atoms with van der Waals surface area (Å²) < 4.78 is 5.57. The molecule has 0 saturated carbocycles. The van der Waals surface area contributed by atoms with Gasteiger partial charge in [-0.3, -0.25) is 4.79 Å². The lowest BCUT2D eigenvalue weighted by atomic mass is 10.1. The summed E-state index contributed by atoms with van der Waals surface area (Å²) in [6.07, 6.45) is 2.54. The molecule has 1 atom stereocenters. The second-order valence-corrected chi connectivity index (χ2v) is 6.58. The highest BCUT2D eigenvalue weighted by Crippen LogP contribution is 2.24. The zero-order chi connectivity index (χ0) is 17.1. The number of nitrogens with two attached hydrogens (primary N) is 1. The molecule has 0 spiro atoms. The number of aromatic amines is 1. The molecule has 0 saturated heterocycles. The monoisotopic (exact) mass is 345 g/mol. The predicted molar refractivity (Wildman–Crippen MR) is 92.6 cm³/mol. The van der Waals surface area contributed by atoms with Gasteiger partial charge in [0, 0.05) is 31.2 Å². The summed E-state index contributed by atoms with van der Waals surface area (Å²) in [6.45, 7) is 0. The van der Waals surface area contributed by atoms with E-state index in [0.29, 0.717) is 17.5 Å². The summed E-state index contributed by atoms with van der Waals surface area (Å²) in [5, 5.41) is 9.44. The number of nitrogens with zero attached hydrogens (tertiary/aromatic N) is 3. The second-order valence-electron chi connectivity index (χ2n) is 5.65. The van der Waals surface area contributed by atoms with Crippen LogP contribution in [-0.2, 0) is 11.2 Å². The molecule has 0 aliphatic carbocycles. The van der Waals surface area contributed by atoms with Gasteiger partial charge in [-0.25, -0.2) is 0 Å². The molecule has 0 aliphatic rings. The van der Waals surface area contributed by atoms with Crippen LogP contribution < -0.4 is 5.73 Å². The van der Waals surface area contributed by atoms with Crippen molar-refractivity contribution in [2.75, 3.05) is 19.8 Å². The molecule has 0 aliphatic heterocycles. The van der Waals surface area contributed by atoms with Gasteiger partial charge in [0.1, 0.15) is 0 Å². The Hall–Kier alpha value is -2.32. The number of thioether (sulfide) groups is 1. The maximum atomic E-state index is 11.6. The minimum atomic E-state index is -0.393. The molecular formula is C16H19N5O2S. The molecule has 0 bridgehead atoms. The number of benzene rings is 1. The Labute approximate surface area is 143 Å². The van der Waals surface area contributed by atoms with Gasteiger partial charge in [0.25, 0.3) is 5.22 Å². The molecular weight excluding hydrogens is 326 g/mol. The summed E-state index contributed by atoms with van der Waals surface area (Å²) in [4.78, 5) is 16.3. The van der Waals surface area contributed by atoms with Gasteiger partial charge in [0.05, 0.1) is 11.8 Å². The Morgan fingerprint density at radius 2 is 2.17 bits per heavy atom. The van der Waals surface area contributed by atoms with Gasteiger partial charge in [-0.15, -0.1) is 10.2 Å². The van der Waals surface area contributed by atoms with Crippen LogP contribution in [0.25, 0.3) is 10.9 Å². The van der Waals surface area contributed by atoms with Crippen molar-refractivity contribution in [3.63, 3.8) is 0 Å². The first-order chi connectivity index (χ1) is 11.5. The fourth-order valence-electron chi connectivity index (χ4n) is 2.31. The molecule has 8 heteroatoms. The SMILES string of the molecule is CN(C)C(=O)CSc1nnc(C(N)Cc2c[nH]c3ccccc23)o1. The fourth-order valence-corrected chi connectivity index (χ4v) is 3.05. The highest BCUT2D eigenvalue weighted by atomic mass is 32.2. The maximum absolute atomic E-state index is 11.6. The predicted octanol–water partition coefficient (Wildman–Crippen LogP) is 1.97.